The van der Waals surface area contributed by atoms with Gasteiger partial charge in [-0.05, 0) is 38.0 Å². The lowest BCUT2D eigenvalue weighted by Crippen LogP contribution is -2.10. The maximum atomic E-state index is 5.98. The van der Waals surface area contributed by atoms with E-state index in [1.54, 1.807) is 0 Å². The first-order valence-corrected chi connectivity index (χ1v) is 5.26. The van der Waals surface area contributed by atoms with Crippen molar-refractivity contribution in [3.63, 3.8) is 0 Å². The SMILES string of the molecule is C=CCC(N)c1cccc(OC(C)C)c1. The Hall–Kier alpha value is -1.28. The van der Waals surface area contributed by atoms with Crippen molar-refractivity contribution < 1.29 is 4.74 Å². The molecule has 2 nitrogen and oxygen atoms in total. The molecule has 1 rings (SSSR count). The van der Waals surface area contributed by atoms with E-state index in [9.17, 15) is 0 Å². The quantitative estimate of drug-likeness (QED) is 0.750. The van der Waals surface area contributed by atoms with E-state index in [0.29, 0.717) is 0 Å². The second-order valence-corrected chi connectivity index (χ2v) is 3.87. The third kappa shape index (κ3) is 3.76. The molecule has 0 spiro atoms. The Balaban J connectivity index is 2.77. The van der Waals surface area contributed by atoms with Gasteiger partial charge in [-0.2, -0.15) is 0 Å². The fraction of sp³-hybridized carbons (Fsp3) is 0.385. The average Bonchev–Trinajstić information content (AvgIpc) is 2.17. The van der Waals surface area contributed by atoms with E-state index in [4.69, 9.17) is 10.5 Å². The summed E-state index contributed by atoms with van der Waals surface area (Å²) in [6, 6.07) is 7.94. The Morgan fingerprint density at radius 1 is 1.47 bits per heavy atom. The molecule has 0 radical (unpaired) electrons. The molecule has 0 bridgehead atoms. The average molecular weight is 205 g/mol. The molecule has 1 aromatic rings. The number of benzene rings is 1. The van der Waals surface area contributed by atoms with Gasteiger partial charge in [-0.3, -0.25) is 0 Å². The Morgan fingerprint density at radius 3 is 2.80 bits per heavy atom. The van der Waals surface area contributed by atoms with E-state index < -0.39 is 0 Å². The van der Waals surface area contributed by atoms with Gasteiger partial charge in [0.25, 0.3) is 0 Å². The monoisotopic (exact) mass is 205 g/mol. The highest BCUT2D eigenvalue weighted by Crippen LogP contribution is 2.20. The first-order valence-electron chi connectivity index (χ1n) is 5.26. The zero-order valence-electron chi connectivity index (χ0n) is 9.44. The number of hydrogen-bond donors (Lipinski definition) is 1. The van der Waals surface area contributed by atoms with Gasteiger partial charge in [0.15, 0.2) is 0 Å². The third-order valence-corrected chi connectivity index (χ3v) is 2.08. The van der Waals surface area contributed by atoms with Crippen molar-refractivity contribution >= 4 is 0 Å². The van der Waals surface area contributed by atoms with Crippen LogP contribution in [-0.4, -0.2) is 6.10 Å². The van der Waals surface area contributed by atoms with Crippen molar-refractivity contribution in [2.45, 2.75) is 32.4 Å². The van der Waals surface area contributed by atoms with Gasteiger partial charge in [0.05, 0.1) is 6.10 Å². The molecule has 0 aliphatic rings. The summed E-state index contributed by atoms with van der Waals surface area (Å²) in [6.45, 7) is 7.71. The number of ether oxygens (including phenoxy) is 1. The minimum absolute atomic E-state index is 0.0122. The molecule has 2 N–H and O–H groups in total. The summed E-state index contributed by atoms with van der Waals surface area (Å²) < 4.78 is 5.60. The Kier molecular flexibility index (Phi) is 4.37. The van der Waals surface area contributed by atoms with E-state index in [0.717, 1.165) is 17.7 Å². The van der Waals surface area contributed by atoms with E-state index >= 15 is 0 Å². The lowest BCUT2D eigenvalue weighted by atomic mass is 10.0. The summed E-state index contributed by atoms with van der Waals surface area (Å²) in [5.41, 5.74) is 7.07. The van der Waals surface area contributed by atoms with E-state index in [2.05, 4.69) is 6.58 Å². The predicted octanol–water partition coefficient (Wildman–Crippen LogP) is 3.05. The molecule has 1 unspecified atom stereocenters. The zero-order valence-corrected chi connectivity index (χ0v) is 9.44. The summed E-state index contributed by atoms with van der Waals surface area (Å²) in [6.07, 6.45) is 2.81. The summed E-state index contributed by atoms with van der Waals surface area (Å²) >= 11 is 0. The standard InChI is InChI=1S/C13H19NO/c1-4-6-13(14)11-7-5-8-12(9-11)15-10(2)3/h4-5,7-10,13H,1,6,14H2,2-3H3. The van der Waals surface area contributed by atoms with Crippen LogP contribution in [0.1, 0.15) is 31.9 Å². The van der Waals surface area contributed by atoms with Crippen LogP contribution in [0.3, 0.4) is 0 Å². The molecule has 2 heteroatoms. The first kappa shape index (κ1) is 11.8. The van der Waals surface area contributed by atoms with E-state index in [1.807, 2.05) is 44.2 Å². The molecule has 15 heavy (non-hydrogen) atoms. The fourth-order valence-electron chi connectivity index (χ4n) is 1.41. The Labute approximate surface area is 91.7 Å². The second-order valence-electron chi connectivity index (χ2n) is 3.87. The molecule has 0 saturated carbocycles. The van der Waals surface area contributed by atoms with Gasteiger partial charge in [0.2, 0.25) is 0 Å². The minimum Gasteiger partial charge on any atom is -0.491 e. The largest absolute Gasteiger partial charge is 0.491 e. The molecule has 1 atom stereocenters. The molecule has 0 aromatic heterocycles. The van der Waals surface area contributed by atoms with Crippen LogP contribution in [0, 0.1) is 0 Å². The fourth-order valence-corrected chi connectivity index (χ4v) is 1.41. The smallest absolute Gasteiger partial charge is 0.120 e. The predicted molar refractivity (Wildman–Crippen MR) is 63.9 cm³/mol. The Morgan fingerprint density at radius 2 is 2.20 bits per heavy atom. The van der Waals surface area contributed by atoms with Crippen LogP contribution in [0.25, 0.3) is 0 Å². The molecule has 0 amide bonds. The van der Waals surface area contributed by atoms with Crippen LogP contribution in [0.2, 0.25) is 0 Å². The second kappa shape index (κ2) is 5.56. The highest BCUT2D eigenvalue weighted by atomic mass is 16.5. The molecule has 0 saturated heterocycles. The highest BCUT2D eigenvalue weighted by molar-refractivity contribution is 5.30. The lowest BCUT2D eigenvalue weighted by molar-refractivity contribution is 0.242. The van der Waals surface area contributed by atoms with E-state index in [-0.39, 0.29) is 12.1 Å². The van der Waals surface area contributed by atoms with Crippen LogP contribution in [0.5, 0.6) is 5.75 Å². The van der Waals surface area contributed by atoms with Crippen LogP contribution in [0.15, 0.2) is 36.9 Å². The van der Waals surface area contributed by atoms with Crippen LogP contribution >= 0.6 is 0 Å². The van der Waals surface area contributed by atoms with Crippen LogP contribution < -0.4 is 10.5 Å². The molecule has 0 aliphatic carbocycles. The van der Waals surface area contributed by atoms with Gasteiger partial charge in [-0.25, -0.2) is 0 Å². The zero-order chi connectivity index (χ0) is 11.3. The van der Waals surface area contributed by atoms with Crippen molar-refractivity contribution in [3.05, 3.63) is 42.5 Å². The van der Waals surface area contributed by atoms with Gasteiger partial charge in [0.1, 0.15) is 5.75 Å². The molecule has 0 heterocycles. The molecule has 0 aliphatic heterocycles. The van der Waals surface area contributed by atoms with Gasteiger partial charge in [-0.1, -0.05) is 18.2 Å². The van der Waals surface area contributed by atoms with Gasteiger partial charge in [-0.15, -0.1) is 6.58 Å². The lowest BCUT2D eigenvalue weighted by Gasteiger charge is -2.13. The van der Waals surface area contributed by atoms with Gasteiger partial charge in [0, 0.05) is 6.04 Å². The maximum Gasteiger partial charge on any atom is 0.120 e. The molecular weight excluding hydrogens is 186 g/mol. The van der Waals surface area contributed by atoms with E-state index in [1.165, 1.54) is 0 Å². The summed E-state index contributed by atoms with van der Waals surface area (Å²) in [7, 11) is 0. The highest BCUT2D eigenvalue weighted by Gasteiger charge is 2.05. The van der Waals surface area contributed by atoms with Crippen molar-refractivity contribution in [2.24, 2.45) is 5.73 Å². The molecular formula is C13H19NO. The Bertz CT molecular complexity index is 320. The van der Waals surface area contributed by atoms with Crippen molar-refractivity contribution in [1.29, 1.82) is 0 Å². The third-order valence-electron chi connectivity index (χ3n) is 2.08. The summed E-state index contributed by atoms with van der Waals surface area (Å²) in [4.78, 5) is 0. The van der Waals surface area contributed by atoms with Crippen LogP contribution in [-0.2, 0) is 0 Å². The topological polar surface area (TPSA) is 35.2 Å². The summed E-state index contributed by atoms with van der Waals surface area (Å²) in [5.74, 6) is 0.877. The number of rotatable bonds is 5. The first-order chi connectivity index (χ1) is 7.13. The van der Waals surface area contributed by atoms with Crippen molar-refractivity contribution in [3.8, 4) is 5.75 Å². The van der Waals surface area contributed by atoms with Crippen LogP contribution in [0.4, 0.5) is 0 Å². The minimum atomic E-state index is 0.0122. The van der Waals surface area contributed by atoms with Crippen molar-refractivity contribution in [2.75, 3.05) is 0 Å². The summed E-state index contributed by atoms with van der Waals surface area (Å²) in [5, 5.41) is 0. The molecule has 1 aromatic carbocycles. The van der Waals surface area contributed by atoms with Crippen molar-refractivity contribution in [1.82, 2.24) is 0 Å². The normalized spacial score (nSPS) is 12.5. The number of hydrogen-bond acceptors (Lipinski definition) is 2. The molecule has 0 fully saturated rings. The van der Waals surface area contributed by atoms with Gasteiger partial charge < -0.3 is 10.5 Å². The number of nitrogens with two attached hydrogens (primary N) is 1. The maximum absolute atomic E-state index is 5.98. The van der Waals surface area contributed by atoms with Gasteiger partial charge >= 0.3 is 0 Å². The molecule has 82 valence electrons.